The minimum absolute atomic E-state index is 0.0427. The van der Waals surface area contributed by atoms with Gasteiger partial charge in [-0.05, 0) is 19.8 Å². The average molecular weight is 395 g/mol. The highest BCUT2D eigenvalue weighted by atomic mass is 35.5. The number of carbonyl (C=O) groups excluding carboxylic acids is 2. The number of rotatable bonds is 7. The van der Waals surface area contributed by atoms with E-state index in [0.717, 1.165) is 22.6 Å². The van der Waals surface area contributed by atoms with Crippen molar-refractivity contribution in [2.45, 2.75) is 45.5 Å². The molecule has 0 saturated heterocycles. The van der Waals surface area contributed by atoms with E-state index in [0.29, 0.717) is 5.13 Å². The van der Waals surface area contributed by atoms with Crippen LogP contribution in [0.5, 0.6) is 0 Å². The summed E-state index contributed by atoms with van der Waals surface area (Å²) in [6, 6.07) is 7.24. The smallest absolute Gasteiger partial charge is 0.249 e. The summed E-state index contributed by atoms with van der Waals surface area (Å²) in [7, 11) is 0. The third-order valence-corrected chi connectivity index (χ3v) is 5.19. The van der Waals surface area contributed by atoms with E-state index < -0.39 is 11.4 Å². The van der Waals surface area contributed by atoms with Crippen molar-refractivity contribution in [1.29, 1.82) is 0 Å². The highest BCUT2D eigenvalue weighted by Gasteiger charge is 2.28. The second kappa shape index (κ2) is 9.09. The lowest BCUT2D eigenvalue weighted by Crippen LogP contribution is -2.49. The van der Waals surface area contributed by atoms with Gasteiger partial charge < -0.3 is 5.32 Å². The molecule has 2 amide bonds. The largest absolute Gasteiger partial charge is 0.343 e. The molecule has 2 rings (SSSR count). The van der Waals surface area contributed by atoms with Crippen LogP contribution < -0.4 is 10.6 Å². The van der Waals surface area contributed by atoms with E-state index in [-0.39, 0.29) is 17.7 Å². The fourth-order valence-corrected chi connectivity index (χ4v) is 3.05. The van der Waals surface area contributed by atoms with Gasteiger partial charge in [0.25, 0.3) is 0 Å². The Morgan fingerprint density at radius 3 is 2.38 bits per heavy atom. The first-order valence-electron chi connectivity index (χ1n) is 8.47. The van der Waals surface area contributed by atoms with Crippen molar-refractivity contribution in [2.75, 3.05) is 5.32 Å². The van der Waals surface area contributed by atoms with E-state index >= 15 is 0 Å². The summed E-state index contributed by atoms with van der Waals surface area (Å²) >= 11 is 7.09. The lowest BCUT2D eigenvalue weighted by molar-refractivity contribution is -0.127. The number of halogens is 1. The summed E-state index contributed by atoms with van der Waals surface area (Å²) in [6.07, 6.45) is 0.736. The Labute approximate surface area is 162 Å². The van der Waals surface area contributed by atoms with Crippen LogP contribution in [0.25, 0.3) is 10.6 Å². The number of anilines is 1. The molecule has 1 aromatic heterocycles. The number of benzene rings is 1. The number of amides is 2. The van der Waals surface area contributed by atoms with E-state index in [4.69, 9.17) is 11.6 Å². The Morgan fingerprint density at radius 1 is 1.15 bits per heavy atom. The molecule has 0 bridgehead atoms. The second-order valence-electron chi connectivity index (χ2n) is 6.26. The van der Waals surface area contributed by atoms with Gasteiger partial charge in [0, 0.05) is 5.56 Å². The van der Waals surface area contributed by atoms with Gasteiger partial charge in [-0.25, -0.2) is 0 Å². The number of aromatic nitrogens is 2. The molecule has 6 nitrogen and oxygen atoms in total. The third-order valence-electron chi connectivity index (χ3n) is 4.11. The first-order chi connectivity index (χ1) is 12.3. The average Bonchev–Trinajstić information content (AvgIpc) is 3.07. The van der Waals surface area contributed by atoms with Crippen molar-refractivity contribution < 1.29 is 9.59 Å². The Bertz CT molecular complexity index is 761. The molecule has 0 aliphatic carbocycles. The predicted molar refractivity (Wildman–Crippen MR) is 105 cm³/mol. The summed E-state index contributed by atoms with van der Waals surface area (Å²) < 4.78 is 0. The molecular formula is C18H23ClN4O2S. The van der Waals surface area contributed by atoms with E-state index in [1.807, 2.05) is 45.0 Å². The number of nitrogens with one attached hydrogen (secondary N) is 2. The Balaban J connectivity index is 2.11. The monoisotopic (exact) mass is 394 g/mol. The fraction of sp³-hybridized carbons (Fsp3) is 0.444. The fourth-order valence-electron chi connectivity index (χ4n) is 2.24. The molecule has 2 aromatic rings. The van der Waals surface area contributed by atoms with Crippen LogP contribution in [-0.2, 0) is 9.59 Å². The molecule has 0 radical (unpaired) electrons. The Hall–Kier alpha value is -1.99. The molecule has 3 unspecified atom stereocenters. The molecule has 2 N–H and O–H groups in total. The van der Waals surface area contributed by atoms with E-state index in [9.17, 15) is 9.59 Å². The van der Waals surface area contributed by atoms with E-state index in [1.54, 1.807) is 6.92 Å². The molecule has 0 saturated carbocycles. The van der Waals surface area contributed by atoms with Crippen LogP contribution in [0.4, 0.5) is 5.13 Å². The number of hydrogen-bond acceptors (Lipinski definition) is 5. The maximum absolute atomic E-state index is 12.6. The zero-order chi connectivity index (χ0) is 19.3. The molecule has 26 heavy (non-hydrogen) atoms. The van der Waals surface area contributed by atoms with Gasteiger partial charge in [-0.3, -0.25) is 14.9 Å². The zero-order valence-electron chi connectivity index (χ0n) is 15.2. The Kier molecular flexibility index (Phi) is 7.11. The summed E-state index contributed by atoms with van der Waals surface area (Å²) in [4.78, 5) is 24.5. The van der Waals surface area contributed by atoms with Crippen molar-refractivity contribution in [2.24, 2.45) is 5.92 Å². The van der Waals surface area contributed by atoms with Gasteiger partial charge in [0.05, 0.1) is 0 Å². The number of alkyl halides is 1. The molecule has 3 atom stereocenters. The van der Waals surface area contributed by atoms with Gasteiger partial charge in [0.1, 0.15) is 16.4 Å². The van der Waals surface area contributed by atoms with Crippen molar-refractivity contribution in [3.8, 4) is 10.6 Å². The van der Waals surface area contributed by atoms with Gasteiger partial charge in [-0.2, -0.15) is 0 Å². The Morgan fingerprint density at radius 2 is 1.81 bits per heavy atom. The summed E-state index contributed by atoms with van der Waals surface area (Å²) in [5, 5.41) is 14.0. The maximum Gasteiger partial charge on any atom is 0.249 e. The van der Waals surface area contributed by atoms with Crippen molar-refractivity contribution >= 4 is 39.9 Å². The predicted octanol–water partition coefficient (Wildman–Crippen LogP) is 3.61. The lowest BCUT2D eigenvalue weighted by atomic mass is 9.98. The van der Waals surface area contributed by atoms with Gasteiger partial charge >= 0.3 is 0 Å². The zero-order valence-corrected chi connectivity index (χ0v) is 16.8. The molecule has 8 heteroatoms. The van der Waals surface area contributed by atoms with Crippen LogP contribution in [0.1, 0.15) is 32.8 Å². The van der Waals surface area contributed by atoms with Crippen LogP contribution >= 0.6 is 22.9 Å². The number of nitrogens with zero attached hydrogens (tertiary/aromatic N) is 2. The molecule has 0 aliphatic heterocycles. The molecular weight excluding hydrogens is 372 g/mol. The van der Waals surface area contributed by atoms with Gasteiger partial charge in [0.15, 0.2) is 0 Å². The van der Waals surface area contributed by atoms with Crippen LogP contribution in [0.3, 0.4) is 0 Å². The number of aryl methyl sites for hydroxylation is 1. The van der Waals surface area contributed by atoms with E-state index in [1.165, 1.54) is 11.3 Å². The SMILES string of the molecule is CCC(C)C(NC(=O)C(C)Cl)C(=O)Nc1nnc(-c2ccc(C)cc2)s1. The molecule has 0 fully saturated rings. The summed E-state index contributed by atoms with van der Waals surface area (Å²) in [5.74, 6) is -0.736. The number of hydrogen-bond donors (Lipinski definition) is 2. The van der Waals surface area contributed by atoms with Crippen molar-refractivity contribution in [3.63, 3.8) is 0 Å². The van der Waals surface area contributed by atoms with Crippen LogP contribution in [-0.4, -0.2) is 33.4 Å². The van der Waals surface area contributed by atoms with Gasteiger partial charge in [-0.15, -0.1) is 21.8 Å². The van der Waals surface area contributed by atoms with Gasteiger partial charge in [0.2, 0.25) is 16.9 Å². The highest BCUT2D eigenvalue weighted by Crippen LogP contribution is 2.26. The quantitative estimate of drug-likeness (QED) is 0.702. The van der Waals surface area contributed by atoms with Crippen molar-refractivity contribution in [1.82, 2.24) is 15.5 Å². The van der Waals surface area contributed by atoms with Crippen LogP contribution in [0, 0.1) is 12.8 Å². The minimum Gasteiger partial charge on any atom is -0.343 e. The highest BCUT2D eigenvalue weighted by molar-refractivity contribution is 7.18. The molecule has 0 aliphatic rings. The summed E-state index contributed by atoms with van der Waals surface area (Å²) in [5.41, 5.74) is 2.10. The standard InChI is InChI=1S/C18H23ClN4O2S/c1-5-11(3)14(20-15(24)12(4)19)16(25)21-18-23-22-17(26-18)13-8-6-10(2)7-9-13/h6-9,11-12,14H,5H2,1-4H3,(H,20,24)(H,21,23,25). The minimum atomic E-state index is -0.705. The molecule has 1 aromatic carbocycles. The van der Waals surface area contributed by atoms with Crippen LogP contribution in [0.2, 0.25) is 0 Å². The van der Waals surface area contributed by atoms with Crippen molar-refractivity contribution in [3.05, 3.63) is 29.8 Å². The topological polar surface area (TPSA) is 84.0 Å². The third kappa shape index (κ3) is 5.25. The molecule has 140 valence electrons. The van der Waals surface area contributed by atoms with Crippen LogP contribution in [0.15, 0.2) is 24.3 Å². The normalized spacial score (nSPS) is 14.3. The van der Waals surface area contributed by atoms with Gasteiger partial charge in [-0.1, -0.05) is 61.4 Å². The second-order valence-corrected chi connectivity index (χ2v) is 7.89. The maximum atomic E-state index is 12.6. The lowest BCUT2D eigenvalue weighted by Gasteiger charge is -2.23. The first kappa shape index (κ1) is 20.3. The summed E-state index contributed by atoms with van der Waals surface area (Å²) in [6.45, 7) is 7.45. The van der Waals surface area contributed by atoms with E-state index in [2.05, 4.69) is 20.8 Å². The first-order valence-corrected chi connectivity index (χ1v) is 9.73. The molecule has 1 heterocycles. The molecule has 0 spiro atoms. The number of carbonyl (C=O) groups is 2.